The van der Waals surface area contributed by atoms with Crippen LogP contribution in [0.3, 0.4) is 0 Å². The first-order valence-electron chi connectivity index (χ1n) is 9.87. The van der Waals surface area contributed by atoms with Gasteiger partial charge in [-0.05, 0) is 35.2 Å². The summed E-state index contributed by atoms with van der Waals surface area (Å²) in [6.45, 7) is 6.27. The van der Waals surface area contributed by atoms with Crippen LogP contribution in [-0.4, -0.2) is 27.6 Å². The highest BCUT2D eigenvalue weighted by Crippen LogP contribution is 2.33. The topological polar surface area (TPSA) is 97.5 Å². The number of oxazole rings is 1. The molecule has 0 aliphatic carbocycles. The zero-order valence-electron chi connectivity index (χ0n) is 17.5. The third-order valence-electron chi connectivity index (χ3n) is 4.79. The molecule has 2 heterocycles. The van der Waals surface area contributed by atoms with Crippen LogP contribution in [0.1, 0.15) is 26.3 Å². The van der Waals surface area contributed by atoms with Gasteiger partial charge in [-0.15, -0.1) is 0 Å². The van der Waals surface area contributed by atoms with Gasteiger partial charge in [-0.25, -0.2) is 4.98 Å². The van der Waals surface area contributed by atoms with Crippen LogP contribution in [0.4, 0.5) is 5.69 Å². The lowest BCUT2D eigenvalue weighted by atomic mass is 9.87. The maximum absolute atomic E-state index is 12.2. The second-order valence-electron chi connectivity index (χ2n) is 8.21. The molecule has 7 nitrogen and oxygen atoms in total. The number of aromatic hydroxyl groups is 1. The summed E-state index contributed by atoms with van der Waals surface area (Å²) in [5.41, 5.74) is 3.28. The van der Waals surface area contributed by atoms with Crippen molar-refractivity contribution in [3.05, 3.63) is 66.5 Å². The van der Waals surface area contributed by atoms with Crippen LogP contribution in [0.5, 0.6) is 11.5 Å². The number of aromatic nitrogens is 2. The lowest BCUT2D eigenvalue weighted by molar-refractivity contribution is -0.118. The molecular formula is C24H23N3O4. The van der Waals surface area contributed by atoms with Crippen molar-refractivity contribution in [3.8, 4) is 23.0 Å². The van der Waals surface area contributed by atoms with Crippen LogP contribution in [0.2, 0.25) is 0 Å². The fourth-order valence-electron chi connectivity index (χ4n) is 3.08. The number of phenols is 1. The molecule has 0 aliphatic rings. The van der Waals surface area contributed by atoms with Crippen LogP contribution >= 0.6 is 0 Å². The van der Waals surface area contributed by atoms with E-state index < -0.39 is 0 Å². The summed E-state index contributed by atoms with van der Waals surface area (Å²) in [5, 5.41) is 13.1. The van der Waals surface area contributed by atoms with Crippen molar-refractivity contribution in [2.24, 2.45) is 0 Å². The second kappa shape index (κ2) is 8.10. The summed E-state index contributed by atoms with van der Waals surface area (Å²) in [6.07, 6.45) is 3.20. The minimum atomic E-state index is -0.333. The minimum Gasteiger partial charge on any atom is -0.507 e. The molecule has 0 atom stereocenters. The third kappa shape index (κ3) is 4.66. The Morgan fingerprint density at radius 3 is 2.58 bits per heavy atom. The molecule has 4 rings (SSSR count). The number of nitrogens with one attached hydrogen (secondary N) is 1. The average molecular weight is 417 g/mol. The summed E-state index contributed by atoms with van der Waals surface area (Å²) in [6, 6.07) is 14.1. The molecule has 2 aromatic heterocycles. The number of benzene rings is 2. The van der Waals surface area contributed by atoms with Crippen LogP contribution in [0.15, 0.2) is 65.3 Å². The third-order valence-corrected chi connectivity index (χ3v) is 4.79. The summed E-state index contributed by atoms with van der Waals surface area (Å²) in [5.74, 6) is 0.503. The van der Waals surface area contributed by atoms with Gasteiger partial charge in [0.25, 0.3) is 5.91 Å². The quantitative estimate of drug-likeness (QED) is 0.479. The second-order valence-corrected chi connectivity index (χ2v) is 8.21. The van der Waals surface area contributed by atoms with Gasteiger partial charge >= 0.3 is 0 Å². The number of rotatable bonds is 5. The molecule has 0 aliphatic heterocycles. The standard InChI is InChI=1S/C24H23N3O4/c1-24(2,3)15-4-7-17(8-5-15)30-14-22(29)26-16-6-9-18(20(28)12-16)23-27-19-13-25-11-10-21(19)31-23/h4-13,28H,14H2,1-3H3,(H,26,29). The molecule has 158 valence electrons. The lowest BCUT2D eigenvalue weighted by Crippen LogP contribution is -2.20. The molecule has 4 aromatic rings. The van der Waals surface area contributed by atoms with Crippen LogP contribution in [-0.2, 0) is 10.2 Å². The lowest BCUT2D eigenvalue weighted by Gasteiger charge is -2.19. The molecule has 0 saturated carbocycles. The van der Waals surface area contributed by atoms with E-state index in [1.807, 2.05) is 24.3 Å². The van der Waals surface area contributed by atoms with Gasteiger partial charge in [0.1, 0.15) is 17.0 Å². The number of pyridine rings is 1. The van der Waals surface area contributed by atoms with E-state index in [4.69, 9.17) is 9.15 Å². The number of nitrogens with zero attached hydrogens (tertiary/aromatic N) is 2. The molecule has 0 bridgehead atoms. The fourth-order valence-corrected chi connectivity index (χ4v) is 3.08. The first-order chi connectivity index (χ1) is 14.8. The van der Waals surface area contributed by atoms with E-state index in [1.54, 1.807) is 30.6 Å². The summed E-state index contributed by atoms with van der Waals surface area (Å²) >= 11 is 0. The Bertz CT molecular complexity index is 1190. The summed E-state index contributed by atoms with van der Waals surface area (Å²) in [4.78, 5) is 20.6. The molecule has 0 radical (unpaired) electrons. The largest absolute Gasteiger partial charge is 0.507 e. The maximum atomic E-state index is 12.2. The molecule has 0 fully saturated rings. The highest BCUT2D eigenvalue weighted by atomic mass is 16.5. The number of ether oxygens (including phenoxy) is 1. The van der Waals surface area contributed by atoms with Crippen LogP contribution < -0.4 is 10.1 Å². The van der Waals surface area contributed by atoms with Gasteiger partial charge in [0, 0.05) is 24.0 Å². The van der Waals surface area contributed by atoms with Crippen molar-refractivity contribution in [1.29, 1.82) is 0 Å². The van der Waals surface area contributed by atoms with Crippen molar-refractivity contribution in [3.63, 3.8) is 0 Å². The Morgan fingerprint density at radius 2 is 1.90 bits per heavy atom. The van der Waals surface area contributed by atoms with Crippen molar-refractivity contribution >= 4 is 22.7 Å². The monoisotopic (exact) mass is 417 g/mol. The predicted molar refractivity (Wildman–Crippen MR) is 118 cm³/mol. The minimum absolute atomic E-state index is 0.0544. The number of hydrogen-bond acceptors (Lipinski definition) is 6. The number of phenolic OH excluding ortho intramolecular Hbond substituents is 1. The van der Waals surface area contributed by atoms with Crippen LogP contribution in [0.25, 0.3) is 22.6 Å². The predicted octanol–water partition coefficient (Wildman–Crippen LogP) is 4.91. The van der Waals surface area contributed by atoms with Gasteiger partial charge in [-0.2, -0.15) is 0 Å². The molecule has 2 N–H and O–H groups in total. The van der Waals surface area contributed by atoms with Gasteiger partial charge < -0.3 is 19.6 Å². The van der Waals surface area contributed by atoms with Crippen molar-refractivity contribution in [2.45, 2.75) is 26.2 Å². The number of carbonyl (C=O) groups is 1. The smallest absolute Gasteiger partial charge is 0.262 e. The van der Waals surface area contributed by atoms with Crippen LogP contribution in [0, 0.1) is 0 Å². The number of carbonyl (C=O) groups excluding carboxylic acids is 1. The molecule has 0 unspecified atom stereocenters. The molecule has 7 heteroatoms. The van der Waals surface area contributed by atoms with Gasteiger partial charge in [0.2, 0.25) is 5.89 Å². The van der Waals surface area contributed by atoms with Gasteiger partial charge in [-0.1, -0.05) is 32.9 Å². The first kappa shape index (κ1) is 20.4. The van der Waals surface area contributed by atoms with E-state index >= 15 is 0 Å². The zero-order valence-corrected chi connectivity index (χ0v) is 17.5. The van der Waals surface area contributed by atoms with Gasteiger partial charge in [0.05, 0.1) is 11.8 Å². The first-order valence-corrected chi connectivity index (χ1v) is 9.87. The normalized spacial score (nSPS) is 11.5. The van der Waals surface area contributed by atoms with Gasteiger partial charge in [0.15, 0.2) is 12.2 Å². The molecule has 2 aromatic carbocycles. The Morgan fingerprint density at radius 1 is 1.13 bits per heavy atom. The van der Waals surface area contributed by atoms with E-state index in [2.05, 4.69) is 36.1 Å². The number of hydrogen-bond donors (Lipinski definition) is 2. The SMILES string of the molecule is CC(C)(C)c1ccc(OCC(=O)Nc2ccc(-c3nc4cnccc4o3)c(O)c2)cc1. The molecule has 0 spiro atoms. The highest BCUT2D eigenvalue weighted by molar-refractivity contribution is 5.92. The Kier molecular flexibility index (Phi) is 5.33. The average Bonchev–Trinajstić information content (AvgIpc) is 3.16. The fraction of sp³-hybridized carbons (Fsp3) is 0.208. The molecule has 31 heavy (non-hydrogen) atoms. The number of amides is 1. The summed E-state index contributed by atoms with van der Waals surface area (Å²) < 4.78 is 11.2. The molecule has 0 saturated heterocycles. The van der Waals surface area contributed by atoms with E-state index in [0.717, 1.165) is 0 Å². The van der Waals surface area contributed by atoms with E-state index in [0.29, 0.717) is 28.1 Å². The Balaban J connectivity index is 1.39. The maximum Gasteiger partial charge on any atom is 0.262 e. The molecule has 1 amide bonds. The Hall–Kier alpha value is -3.87. The van der Waals surface area contributed by atoms with E-state index in [9.17, 15) is 9.90 Å². The van der Waals surface area contributed by atoms with Crippen molar-refractivity contribution in [2.75, 3.05) is 11.9 Å². The van der Waals surface area contributed by atoms with E-state index in [-0.39, 0.29) is 29.6 Å². The van der Waals surface area contributed by atoms with Gasteiger partial charge in [-0.3, -0.25) is 9.78 Å². The van der Waals surface area contributed by atoms with Crippen molar-refractivity contribution in [1.82, 2.24) is 9.97 Å². The van der Waals surface area contributed by atoms with Crippen molar-refractivity contribution < 1.29 is 19.1 Å². The molecular weight excluding hydrogens is 394 g/mol. The Labute approximate surface area is 179 Å². The van der Waals surface area contributed by atoms with E-state index in [1.165, 1.54) is 11.6 Å². The highest BCUT2D eigenvalue weighted by Gasteiger charge is 2.15. The number of fused-ring (bicyclic) bond motifs is 1. The summed E-state index contributed by atoms with van der Waals surface area (Å²) in [7, 11) is 0. The zero-order chi connectivity index (χ0) is 22.0. The number of anilines is 1.